The first-order chi connectivity index (χ1) is 14.4. The summed E-state index contributed by atoms with van der Waals surface area (Å²) in [6.45, 7) is 4.00. The predicted molar refractivity (Wildman–Crippen MR) is 109 cm³/mol. The second kappa shape index (κ2) is 9.42. The van der Waals surface area contributed by atoms with Crippen molar-refractivity contribution in [1.29, 1.82) is 0 Å². The SMILES string of the molecule is CCNC(=NCc1ccc(C(F)(F)F)cc1)NCCNc1ncnc2c1cnn2C. The molecule has 3 aromatic rings. The van der Waals surface area contributed by atoms with Gasteiger partial charge in [0.15, 0.2) is 11.6 Å². The van der Waals surface area contributed by atoms with Gasteiger partial charge in [-0.15, -0.1) is 0 Å². The standard InChI is InChI=1S/C19H23F3N8/c1-3-23-18(26-10-13-4-6-14(7-5-13)19(20,21)22)25-9-8-24-16-15-11-29-30(2)17(15)28-12-27-16/h4-7,11-12H,3,8-10H2,1-2H3,(H2,23,25,26)(H,24,27,28). The Labute approximate surface area is 171 Å². The lowest BCUT2D eigenvalue weighted by Gasteiger charge is -2.12. The zero-order valence-electron chi connectivity index (χ0n) is 16.7. The number of nitrogens with one attached hydrogen (secondary N) is 3. The minimum absolute atomic E-state index is 0.267. The van der Waals surface area contributed by atoms with Gasteiger partial charge in [-0.25, -0.2) is 15.0 Å². The van der Waals surface area contributed by atoms with Gasteiger partial charge < -0.3 is 16.0 Å². The Kier molecular flexibility index (Phi) is 6.70. The molecular formula is C19H23F3N8. The van der Waals surface area contributed by atoms with E-state index in [1.54, 1.807) is 10.9 Å². The monoisotopic (exact) mass is 420 g/mol. The van der Waals surface area contributed by atoms with E-state index in [0.29, 0.717) is 37.0 Å². The first-order valence-electron chi connectivity index (χ1n) is 9.43. The van der Waals surface area contributed by atoms with Crippen LogP contribution in [0.4, 0.5) is 19.0 Å². The van der Waals surface area contributed by atoms with Crippen LogP contribution in [0.25, 0.3) is 11.0 Å². The van der Waals surface area contributed by atoms with Gasteiger partial charge >= 0.3 is 6.18 Å². The van der Waals surface area contributed by atoms with Gasteiger partial charge in [0.1, 0.15) is 12.1 Å². The molecular weight excluding hydrogens is 397 g/mol. The summed E-state index contributed by atoms with van der Waals surface area (Å²) in [6, 6.07) is 5.00. The third-order valence-corrected chi connectivity index (χ3v) is 4.28. The summed E-state index contributed by atoms with van der Waals surface area (Å²) >= 11 is 0. The maximum Gasteiger partial charge on any atom is 0.416 e. The summed E-state index contributed by atoms with van der Waals surface area (Å²) in [5, 5.41) is 14.5. The van der Waals surface area contributed by atoms with Crippen LogP contribution in [0.2, 0.25) is 0 Å². The largest absolute Gasteiger partial charge is 0.416 e. The second-order valence-corrected chi connectivity index (χ2v) is 6.47. The molecule has 0 saturated carbocycles. The van der Waals surface area contributed by atoms with Crippen molar-refractivity contribution >= 4 is 22.8 Å². The van der Waals surface area contributed by atoms with Crippen molar-refractivity contribution in [3.8, 4) is 0 Å². The number of fused-ring (bicyclic) bond motifs is 1. The Morgan fingerprint density at radius 2 is 1.87 bits per heavy atom. The van der Waals surface area contributed by atoms with E-state index in [0.717, 1.165) is 23.2 Å². The number of alkyl halides is 3. The molecule has 11 heteroatoms. The van der Waals surface area contributed by atoms with Crippen molar-refractivity contribution in [1.82, 2.24) is 30.4 Å². The summed E-state index contributed by atoms with van der Waals surface area (Å²) in [6.07, 6.45) is -1.15. The van der Waals surface area contributed by atoms with Crippen LogP contribution in [0.1, 0.15) is 18.1 Å². The predicted octanol–water partition coefficient (Wildman–Crippen LogP) is 2.55. The summed E-state index contributed by atoms with van der Waals surface area (Å²) in [5.74, 6) is 1.27. The van der Waals surface area contributed by atoms with E-state index in [1.807, 2.05) is 14.0 Å². The van der Waals surface area contributed by atoms with Crippen LogP contribution in [0.5, 0.6) is 0 Å². The highest BCUT2D eigenvalue weighted by atomic mass is 19.4. The maximum atomic E-state index is 12.7. The number of hydrogen-bond acceptors (Lipinski definition) is 5. The molecule has 0 spiro atoms. The highest BCUT2D eigenvalue weighted by molar-refractivity contribution is 5.86. The van der Waals surface area contributed by atoms with Crippen molar-refractivity contribution in [3.05, 3.63) is 47.9 Å². The van der Waals surface area contributed by atoms with Gasteiger partial charge in [-0.05, 0) is 24.6 Å². The van der Waals surface area contributed by atoms with E-state index in [-0.39, 0.29) is 6.54 Å². The molecule has 0 atom stereocenters. The van der Waals surface area contributed by atoms with Gasteiger partial charge in [0.2, 0.25) is 0 Å². The highest BCUT2D eigenvalue weighted by Gasteiger charge is 2.29. The molecule has 160 valence electrons. The minimum atomic E-state index is -4.34. The Morgan fingerprint density at radius 3 is 2.57 bits per heavy atom. The fourth-order valence-electron chi connectivity index (χ4n) is 2.78. The maximum absolute atomic E-state index is 12.7. The van der Waals surface area contributed by atoms with Gasteiger partial charge in [0, 0.05) is 26.7 Å². The number of nitrogens with zero attached hydrogens (tertiary/aromatic N) is 5. The van der Waals surface area contributed by atoms with Crippen molar-refractivity contribution in [2.45, 2.75) is 19.6 Å². The highest BCUT2D eigenvalue weighted by Crippen LogP contribution is 2.29. The normalized spacial score (nSPS) is 12.2. The molecule has 0 aliphatic heterocycles. The van der Waals surface area contributed by atoms with Crippen molar-refractivity contribution in [2.75, 3.05) is 25.0 Å². The van der Waals surface area contributed by atoms with E-state index in [9.17, 15) is 13.2 Å². The fraction of sp³-hybridized carbons (Fsp3) is 0.368. The van der Waals surface area contributed by atoms with Gasteiger partial charge in [-0.2, -0.15) is 18.3 Å². The van der Waals surface area contributed by atoms with Crippen molar-refractivity contribution in [3.63, 3.8) is 0 Å². The van der Waals surface area contributed by atoms with E-state index in [1.165, 1.54) is 18.5 Å². The Hall–Kier alpha value is -3.37. The Balaban J connectivity index is 1.53. The molecule has 3 rings (SSSR count). The minimum Gasteiger partial charge on any atom is -0.368 e. The number of halogens is 3. The lowest BCUT2D eigenvalue weighted by Crippen LogP contribution is -2.39. The number of aromatic nitrogens is 4. The second-order valence-electron chi connectivity index (χ2n) is 6.47. The third-order valence-electron chi connectivity index (χ3n) is 4.28. The zero-order valence-corrected chi connectivity index (χ0v) is 16.7. The number of guanidine groups is 1. The molecule has 0 fully saturated rings. The summed E-state index contributed by atoms with van der Waals surface area (Å²) < 4.78 is 39.6. The van der Waals surface area contributed by atoms with E-state index >= 15 is 0 Å². The van der Waals surface area contributed by atoms with Crippen LogP contribution < -0.4 is 16.0 Å². The first kappa shape index (κ1) is 21.3. The summed E-state index contributed by atoms with van der Waals surface area (Å²) in [7, 11) is 1.82. The number of benzene rings is 1. The molecule has 30 heavy (non-hydrogen) atoms. The number of aliphatic imine (C=N–C) groups is 1. The molecule has 0 bridgehead atoms. The summed E-state index contributed by atoms with van der Waals surface area (Å²) in [5.41, 5.74) is 0.768. The molecule has 0 saturated heterocycles. The average Bonchev–Trinajstić information content (AvgIpc) is 3.10. The van der Waals surface area contributed by atoms with Crippen LogP contribution >= 0.6 is 0 Å². The molecule has 2 heterocycles. The molecule has 8 nitrogen and oxygen atoms in total. The lowest BCUT2D eigenvalue weighted by molar-refractivity contribution is -0.137. The van der Waals surface area contributed by atoms with E-state index in [4.69, 9.17) is 0 Å². The van der Waals surface area contributed by atoms with Crippen LogP contribution in [0.3, 0.4) is 0 Å². The molecule has 2 aromatic heterocycles. The molecule has 0 unspecified atom stereocenters. The first-order valence-corrected chi connectivity index (χ1v) is 9.43. The average molecular weight is 420 g/mol. The number of hydrogen-bond donors (Lipinski definition) is 3. The zero-order chi connectivity index (χ0) is 21.6. The van der Waals surface area contributed by atoms with Crippen LogP contribution in [-0.2, 0) is 19.8 Å². The molecule has 0 amide bonds. The number of rotatable bonds is 7. The van der Waals surface area contributed by atoms with Crippen LogP contribution in [-0.4, -0.2) is 45.3 Å². The Bertz CT molecular complexity index is 995. The topological polar surface area (TPSA) is 92.1 Å². The molecule has 0 radical (unpaired) electrons. The lowest BCUT2D eigenvalue weighted by atomic mass is 10.1. The smallest absolute Gasteiger partial charge is 0.368 e. The van der Waals surface area contributed by atoms with Gasteiger partial charge in [-0.1, -0.05) is 12.1 Å². The van der Waals surface area contributed by atoms with E-state index < -0.39 is 11.7 Å². The fourth-order valence-corrected chi connectivity index (χ4v) is 2.78. The number of aryl methyl sites for hydroxylation is 1. The quantitative estimate of drug-likeness (QED) is 0.309. The van der Waals surface area contributed by atoms with Crippen LogP contribution in [0.15, 0.2) is 41.8 Å². The molecule has 0 aliphatic carbocycles. The number of anilines is 1. The third kappa shape index (κ3) is 5.37. The molecule has 0 aliphatic rings. The molecule has 1 aromatic carbocycles. The molecule has 3 N–H and O–H groups in total. The van der Waals surface area contributed by atoms with E-state index in [2.05, 4.69) is 36.0 Å². The van der Waals surface area contributed by atoms with Gasteiger partial charge in [0.25, 0.3) is 0 Å². The van der Waals surface area contributed by atoms with Crippen molar-refractivity contribution in [2.24, 2.45) is 12.0 Å². The summed E-state index contributed by atoms with van der Waals surface area (Å²) in [4.78, 5) is 12.9. The Morgan fingerprint density at radius 1 is 1.10 bits per heavy atom. The van der Waals surface area contributed by atoms with Gasteiger partial charge in [0.05, 0.1) is 23.7 Å². The van der Waals surface area contributed by atoms with Crippen LogP contribution in [0, 0.1) is 0 Å². The van der Waals surface area contributed by atoms with Crippen molar-refractivity contribution < 1.29 is 13.2 Å². The van der Waals surface area contributed by atoms with Gasteiger partial charge in [-0.3, -0.25) is 4.68 Å².